The van der Waals surface area contributed by atoms with E-state index in [9.17, 15) is 62.6 Å². The molecule has 0 radical (unpaired) electrons. The number of H-pyrrole nitrogens is 1. The lowest BCUT2D eigenvalue weighted by Crippen LogP contribution is -2.62. The molecule has 32 heteroatoms. The van der Waals surface area contributed by atoms with Gasteiger partial charge >= 0.3 is 6.03 Å². The molecule has 23 N–H and O–H groups in total. The van der Waals surface area contributed by atoms with E-state index in [0.29, 0.717) is 33.2 Å². The molecule has 0 spiro atoms. The van der Waals surface area contributed by atoms with Crippen LogP contribution >= 0.6 is 0 Å². The standard InChI is InChI=1S/C62H83N19O13/c1-34(2)24-44(55(88)72-42(21-13-23-70-61(67)68-3)54(87)73-43(52(66)85)26-35-14-6-4-7-15-35)79-62(94)81-80-60(93)45(27-36-16-8-5-9-17-36)75-59(92)49(33-82)78-58(91)48(30-51(65)84)77-56(89)46(28-38-32-71-41-20-11-10-19-39(38)41)76-57(90)47(29-50(64)83)74-53(86)40(63)25-37-18-12-22-69-31-37/h4-12,14-20,22,31-32,34,40,42-49,71,82H,13,21,23-30,33,63H2,1-3H3,(H2,64,83)(H2,65,84)(H2,66,85)(H,72,88)(H,73,87)(H,74,86)(H,75,92)(H,76,90)(H,77,89)(H,78,91)(H,80,93)(H3,67,68,70)(H2,79,81,94)/t40-,42+,43+,44+,45+,46+,47+,48+,49+/m1/s1. The molecule has 5 aromatic rings. The summed E-state index contributed by atoms with van der Waals surface area (Å²) >= 11 is 0. The van der Waals surface area contributed by atoms with Gasteiger partial charge in [-0.1, -0.05) is 98.8 Å². The van der Waals surface area contributed by atoms with Crippen LogP contribution in [-0.4, -0.2) is 167 Å². The number of carbonyl (C=O) groups is 12. The van der Waals surface area contributed by atoms with Crippen molar-refractivity contribution in [2.45, 2.75) is 126 Å². The summed E-state index contributed by atoms with van der Waals surface area (Å²) in [5.74, 6) is -11.2. The van der Waals surface area contributed by atoms with Gasteiger partial charge < -0.3 is 86.6 Å². The van der Waals surface area contributed by atoms with E-state index in [-0.39, 0.29) is 63.4 Å². The zero-order valence-electron chi connectivity index (χ0n) is 52.1. The zero-order valence-corrected chi connectivity index (χ0v) is 52.1. The predicted molar refractivity (Wildman–Crippen MR) is 343 cm³/mol. The molecule has 0 unspecified atom stereocenters. The molecule has 32 nitrogen and oxygen atoms in total. The van der Waals surface area contributed by atoms with Gasteiger partial charge in [-0.15, -0.1) is 0 Å². The van der Waals surface area contributed by atoms with Crippen LogP contribution in [0.4, 0.5) is 4.79 Å². The Morgan fingerprint density at radius 3 is 1.57 bits per heavy atom. The normalized spacial score (nSPS) is 14.1. The minimum Gasteiger partial charge on any atom is -0.394 e. The second-order valence-electron chi connectivity index (χ2n) is 22.4. The molecule has 3 aromatic carbocycles. The number of rotatable bonds is 36. The number of nitrogens with one attached hydrogen (secondary N) is 12. The number of amides is 13. The molecule has 0 aliphatic carbocycles. The number of aliphatic hydroxyl groups is 1. The van der Waals surface area contributed by atoms with Gasteiger partial charge in [0, 0.05) is 62.3 Å². The zero-order chi connectivity index (χ0) is 68.9. The minimum absolute atomic E-state index is 0.00909. The number of nitrogens with zero attached hydrogens (tertiary/aromatic N) is 2. The highest BCUT2D eigenvalue weighted by Gasteiger charge is 2.36. The van der Waals surface area contributed by atoms with Gasteiger partial charge in [0.2, 0.25) is 59.1 Å². The maximum atomic E-state index is 14.4. The number of hydrazine groups is 1. The Balaban J connectivity index is 1.30. The fraction of sp³-hybridized carbons (Fsp3) is 0.387. The first-order valence-corrected chi connectivity index (χ1v) is 30.0. The molecule has 13 amide bonds. The maximum Gasteiger partial charge on any atom is 0.334 e. The highest BCUT2D eigenvalue weighted by atomic mass is 16.3. The second-order valence-corrected chi connectivity index (χ2v) is 22.4. The van der Waals surface area contributed by atoms with Crippen LogP contribution < -0.4 is 87.4 Å². The van der Waals surface area contributed by atoms with E-state index < -0.39 is 145 Å². The third-order valence-corrected chi connectivity index (χ3v) is 14.5. The van der Waals surface area contributed by atoms with Gasteiger partial charge in [0.25, 0.3) is 5.91 Å². The van der Waals surface area contributed by atoms with Crippen LogP contribution in [-0.2, 0) is 78.4 Å². The summed E-state index contributed by atoms with van der Waals surface area (Å²) in [4.78, 5) is 174. The van der Waals surface area contributed by atoms with Crippen LogP contribution in [0.3, 0.4) is 0 Å². The summed E-state index contributed by atoms with van der Waals surface area (Å²) in [7, 11) is 1.47. The number of fused-ring (bicyclic) bond motifs is 1. The number of nitrogens with two attached hydrogens (primary N) is 5. The number of benzene rings is 3. The number of para-hydroxylation sites is 1. The molecule has 0 fully saturated rings. The summed E-state index contributed by atoms with van der Waals surface area (Å²) in [6.07, 6.45) is 2.69. The van der Waals surface area contributed by atoms with Crippen LogP contribution in [0.15, 0.2) is 121 Å². The van der Waals surface area contributed by atoms with Gasteiger partial charge in [-0.3, -0.25) is 68.1 Å². The van der Waals surface area contributed by atoms with Gasteiger partial charge in [-0.05, 0) is 66.0 Å². The number of hydrogen-bond donors (Lipinski definition) is 18. The van der Waals surface area contributed by atoms with Crippen molar-refractivity contribution in [2.75, 3.05) is 20.2 Å². The van der Waals surface area contributed by atoms with E-state index in [0.717, 1.165) is 0 Å². The summed E-state index contributed by atoms with van der Waals surface area (Å²) in [5, 5.41) is 33.8. The Morgan fingerprint density at radius 1 is 0.521 bits per heavy atom. The van der Waals surface area contributed by atoms with Crippen molar-refractivity contribution in [1.29, 1.82) is 0 Å². The minimum atomic E-state index is -1.90. The average Bonchev–Trinajstić information content (AvgIpc) is 1.70. The average molecular weight is 1300 g/mol. The maximum absolute atomic E-state index is 14.4. The Morgan fingerprint density at radius 2 is 1.01 bits per heavy atom. The summed E-state index contributed by atoms with van der Waals surface area (Å²) in [5.41, 5.74) is 35.9. The number of primary amides is 3. The third kappa shape index (κ3) is 24.6. The van der Waals surface area contributed by atoms with E-state index in [4.69, 9.17) is 28.7 Å². The van der Waals surface area contributed by atoms with E-state index in [2.05, 4.69) is 73.7 Å². The van der Waals surface area contributed by atoms with Gasteiger partial charge in [0.1, 0.15) is 48.3 Å². The molecule has 94 heavy (non-hydrogen) atoms. The number of pyridine rings is 1. The van der Waals surface area contributed by atoms with Crippen molar-refractivity contribution in [2.24, 2.45) is 39.6 Å². The van der Waals surface area contributed by atoms with E-state index in [1.165, 1.54) is 19.4 Å². The van der Waals surface area contributed by atoms with Gasteiger partial charge in [-0.25, -0.2) is 10.2 Å². The first-order valence-electron chi connectivity index (χ1n) is 30.0. The number of aromatic nitrogens is 2. The molecule has 0 saturated carbocycles. The second kappa shape index (κ2) is 37.3. The van der Waals surface area contributed by atoms with E-state index >= 15 is 0 Å². The van der Waals surface area contributed by atoms with Crippen molar-refractivity contribution in [3.63, 3.8) is 0 Å². The lowest BCUT2D eigenvalue weighted by atomic mass is 10.0. The Hall–Kier alpha value is -11.0. The Bertz CT molecular complexity index is 3450. The molecular weight excluding hydrogens is 1220 g/mol. The SMILES string of the molecule is CN=C(N)NCCC[C@H](NC(=O)[C@H](CC(C)C)NC(=O)NNC(=O)[C@H](Cc1ccccc1)NC(=O)[C@H](CO)NC(=O)[C@H](CC(N)=O)NC(=O)[C@H](Cc1c[nH]c2ccccc12)NC(=O)[C@H](CC(N)=O)NC(=O)[C@H](N)Cc1cccnc1)C(=O)N[C@@H](Cc1ccccc1)C(N)=O. The number of aliphatic imine (C=N–C) groups is 1. The fourth-order valence-electron chi connectivity index (χ4n) is 9.63. The van der Waals surface area contributed by atoms with Crippen LogP contribution in [0, 0.1) is 5.92 Å². The first-order chi connectivity index (χ1) is 44.8. The van der Waals surface area contributed by atoms with Crippen LogP contribution in [0.5, 0.6) is 0 Å². The van der Waals surface area contributed by atoms with Crippen molar-refractivity contribution < 1.29 is 62.6 Å². The van der Waals surface area contributed by atoms with Gasteiger partial charge in [0.05, 0.1) is 25.5 Å². The first kappa shape index (κ1) is 73.7. The van der Waals surface area contributed by atoms with Crippen molar-refractivity contribution in [1.82, 2.24) is 68.7 Å². The van der Waals surface area contributed by atoms with E-state index in [1.54, 1.807) is 117 Å². The number of hydrogen-bond acceptors (Lipinski definition) is 16. The molecule has 0 saturated heterocycles. The molecule has 5 rings (SSSR count). The third-order valence-electron chi connectivity index (χ3n) is 14.5. The number of aliphatic hydroxyl groups excluding tert-OH is 1. The molecule has 0 aliphatic heterocycles. The Labute approximate surface area is 541 Å². The molecule has 0 bridgehead atoms. The number of guanidine groups is 1. The van der Waals surface area contributed by atoms with Crippen LogP contribution in [0.25, 0.3) is 10.9 Å². The summed E-state index contributed by atoms with van der Waals surface area (Å²) < 4.78 is 0. The lowest BCUT2D eigenvalue weighted by molar-refractivity contribution is -0.136. The van der Waals surface area contributed by atoms with Crippen LogP contribution in [0.2, 0.25) is 0 Å². The molecular formula is C62H83N19O13. The van der Waals surface area contributed by atoms with Gasteiger partial charge in [0.15, 0.2) is 5.96 Å². The van der Waals surface area contributed by atoms with Crippen molar-refractivity contribution in [3.05, 3.63) is 138 Å². The predicted octanol–water partition coefficient (Wildman–Crippen LogP) is -4.16. The molecule has 9 atom stereocenters. The monoisotopic (exact) mass is 1300 g/mol. The molecule has 0 aliphatic rings. The topological polar surface area (TPSA) is 529 Å². The number of urea groups is 1. The summed E-state index contributed by atoms with van der Waals surface area (Å²) in [6, 6.07) is 12.4. The Kier molecular flexibility index (Phi) is 29.3. The van der Waals surface area contributed by atoms with Crippen LogP contribution in [0.1, 0.15) is 68.2 Å². The van der Waals surface area contributed by atoms with E-state index in [1.807, 2.05) is 0 Å². The smallest absolute Gasteiger partial charge is 0.334 e. The quantitative estimate of drug-likeness (QED) is 0.00783. The largest absolute Gasteiger partial charge is 0.394 e. The summed E-state index contributed by atoms with van der Waals surface area (Å²) in [6.45, 7) is 2.63. The highest BCUT2D eigenvalue weighted by molar-refractivity contribution is 6.00. The van der Waals surface area contributed by atoms with Crippen molar-refractivity contribution >= 4 is 87.9 Å². The van der Waals surface area contributed by atoms with Crippen molar-refractivity contribution in [3.8, 4) is 0 Å². The highest BCUT2D eigenvalue weighted by Crippen LogP contribution is 2.20. The molecule has 504 valence electrons. The number of carbonyl (C=O) groups excluding carboxylic acids is 12. The lowest BCUT2D eigenvalue weighted by Gasteiger charge is -2.27. The fourth-order valence-corrected chi connectivity index (χ4v) is 9.63. The van der Waals surface area contributed by atoms with Gasteiger partial charge in [-0.2, -0.15) is 0 Å². The molecule has 2 heterocycles. The number of aromatic amines is 1. The molecule has 2 aromatic heterocycles.